The Bertz CT molecular complexity index is 592. The van der Waals surface area contributed by atoms with E-state index in [1.54, 1.807) is 18.3 Å². The van der Waals surface area contributed by atoms with Gasteiger partial charge in [-0.25, -0.2) is 9.37 Å². The number of benzene rings is 1. The fourth-order valence-corrected chi connectivity index (χ4v) is 2.04. The van der Waals surface area contributed by atoms with Crippen molar-refractivity contribution in [3.05, 3.63) is 39.2 Å². The number of hydrogen-bond donors (Lipinski definition) is 2. The van der Waals surface area contributed by atoms with Crippen LogP contribution in [0.25, 0.3) is 0 Å². The fourth-order valence-electron chi connectivity index (χ4n) is 1.42. The highest BCUT2D eigenvalue weighted by Gasteiger charge is 2.08. The first kappa shape index (κ1) is 14.2. The molecule has 0 spiro atoms. The molecule has 2 N–H and O–H groups in total. The van der Waals surface area contributed by atoms with Gasteiger partial charge in [-0.05, 0) is 41.1 Å². The number of rotatable bonds is 4. The highest BCUT2D eigenvalue weighted by atomic mass is 79.9. The van der Waals surface area contributed by atoms with E-state index >= 15 is 0 Å². The molecule has 0 aliphatic rings. The zero-order valence-electron chi connectivity index (χ0n) is 10.0. The Morgan fingerprint density at radius 1 is 1.32 bits per heavy atom. The van der Waals surface area contributed by atoms with Crippen LogP contribution in [0.5, 0.6) is 0 Å². The van der Waals surface area contributed by atoms with Crippen LogP contribution in [0.2, 0.25) is 0 Å². The maximum absolute atomic E-state index is 13.7. The van der Waals surface area contributed by atoms with Gasteiger partial charge in [0.05, 0.1) is 10.2 Å². The van der Waals surface area contributed by atoms with Gasteiger partial charge in [0.1, 0.15) is 11.6 Å². The van der Waals surface area contributed by atoms with Gasteiger partial charge in [-0.2, -0.15) is 4.98 Å². The minimum absolute atomic E-state index is 0.352. The maximum Gasteiger partial charge on any atom is 0.224 e. The predicted molar refractivity (Wildman–Crippen MR) is 81.3 cm³/mol. The van der Waals surface area contributed by atoms with Crippen molar-refractivity contribution in [2.45, 2.75) is 6.92 Å². The van der Waals surface area contributed by atoms with Crippen LogP contribution in [-0.2, 0) is 0 Å². The molecule has 1 heterocycles. The summed E-state index contributed by atoms with van der Waals surface area (Å²) in [7, 11) is 0. The van der Waals surface area contributed by atoms with E-state index in [0.717, 1.165) is 0 Å². The first-order valence-corrected chi connectivity index (χ1v) is 7.17. The Morgan fingerprint density at radius 3 is 2.79 bits per heavy atom. The van der Waals surface area contributed by atoms with Gasteiger partial charge >= 0.3 is 0 Å². The number of nitrogens with one attached hydrogen (secondary N) is 2. The van der Waals surface area contributed by atoms with Crippen molar-refractivity contribution in [3.63, 3.8) is 0 Å². The molecule has 0 radical (unpaired) electrons. The zero-order chi connectivity index (χ0) is 13.8. The van der Waals surface area contributed by atoms with Gasteiger partial charge in [0.25, 0.3) is 0 Å². The summed E-state index contributed by atoms with van der Waals surface area (Å²) in [4.78, 5) is 8.36. The van der Waals surface area contributed by atoms with Crippen molar-refractivity contribution < 1.29 is 4.39 Å². The van der Waals surface area contributed by atoms with E-state index in [1.165, 1.54) is 6.07 Å². The number of hydrogen-bond acceptors (Lipinski definition) is 4. The molecule has 0 fully saturated rings. The van der Waals surface area contributed by atoms with E-state index in [1.807, 2.05) is 6.92 Å². The Kier molecular flexibility index (Phi) is 4.71. The second-order valence-electron chi connectivity index (χ2n) is 3.67. The minimum atomic E-state index is -0.357. The molecule has 100 valence electrons. The van der Waals surface area contributed by atoms with Crippen molar-refractivity contribution in [3.8, 4) is 0 Å². The number of aromatic nitrogens is 2. The Morgan fingerprint density at radius 2 is 2.11 bits per heavy atom. The van der Waals surface area contributed by atoms with Crippen LogP contribution in [0.4, 0.5) is 21.8 Å². The highest BCUT2D eigenvalue weighted by Crippen LogP contribution is 2.27. The van der Waals surface area contributed by atoms with Crippen molar-refractivity contribution in [2.75, 3.05) is 17.2 Å². The van der Waals surface area contributed by atoms with Gasteiger partial charge in [0.2, 0.25) is 5.95 Å². The molecular formula is C12H11Br2FN4. The average Bonchev–Trinajstić information content (AvgIpc) is 2.37. The van der Waals surface area contributed by atoms with Gasteiger partial charge in [0.15, 0.2) is 0 Å². The lowest BCUT2D eigenvalue weighted by molar-refractivity contribution is 0.631. The van der Waals surface area contributed by atoms with Crippen LogP contribution < -0.4 is 10.6 Å². The van der Waals surface area contributed by atoms with E-state index in [4.69, 9.17) is 0 Å². The molecule has 0 aliphatic heterocycles. The lowest BCUT2D eigenvalue weighted by Crippen LogP contribution is -2.05. The molecule has 7 heteroatoms. The zero-order valence-corrected chi connectivity index (χ0v) is 13.2. The molecular weight excluding hydrogens is 379 g/mol. The molecule has 2 rings (SSSR count). The quantitative estimate of drug-likeness (QED) is 0.817. The molecule has 0 bridgehead atoms. The van der Waals surface area contributed by atoms with Gasteiger partial charge in [-0.1, -0.05) is 15.9 Å². The summed E-state index contributed by atoms with van der Waals surface area (Å²) >= 11 is 6.55. The smallest absolute Gasteiger partial charge is 0.224 e. The summed E-state index contributed by atoms with van der Waals surface area (Å²) < 4.78 is 15.1. The molecule has 1 aromatic heterocycles. The van der Waals surface area contributed by atoms with Crippen LogP contribution in [0, 0.1) is 5.82 Å². The van der Waals surface area contributed by atoms with E-state index in [2.05, 4.69) is 52.5 Å². The summed E-state index contributed by atoms with van der Waals surface area (Å²) in [5.74, 6) is 0.641. The SMILES string of the molecule is CCNc1ncc(Br)c(Nc2ccc(Br)cc2F)n1. The normalized spacial score (nSPS) is 10.3. The topological polar surface area (TPSA) is 49.8 Å². The summed E-state index contributed by atoms with van der Waals surface area (Å²) in [5.41, 5.74) is 0.352. The fraction of sp³-hybridized carbons (Fsp3) is 0.167. The molecule has 0 aliphatic carbocycles. The number of halogens is 3. The lowest BCUT2D eigenvalue weighted by Gasteiger charge is -2.10. The Labute approximate surface area is 127 Å². The predicted octanol–water partition coefficient (Wildman–Crippen LogP) is 4.32. The average molecular weight is 390 g/mol. The third-order valence-electron chi connectivity index (χ3n) is 2.26. The standard InChI is InChI=1S/C12H11Br2FN4/c1-2-16-12-17-6-8(14)11(19-12)18-10-4-3-7(13)5-9(10)15/h3-6H,2H2,1H3,(H2,16,17,18,19). The van der Waals surface area contributed by atoms with Crippen LogP contribution in [0.3, 0.4) is 0 Å². The monoisotopic (exact) mass is 388 g/mol. The Balaban J connectivity index is 2.29. The molecule has 0 amide bonds. The molecule has 4 nitrogen and oxygen atoms in total. The second kappa shape index (κ2) is 6.29. The van der Waals surface area contributed by atoms with Gasteiger partial charge in [0, 0.05) is 17.2 Å². The molecule has 2 aromatic rings. The van der Waals surface area contributed by atoms with Crippen LogP contribution in [0.15, 0.2) is 33.3 Å². The largest absolute Gasteiger partial charge is 0.354 e. The number of nitrogens with zero attached hydrogens (tertiary/aromatic N) is 2. The highest BCUT2D eigenvalue weighted by molar-refractivity contribution is 9.10. The molecule has 19 heavy (non-hydrogen) atoms. The van der Waals surface area contributed by atoms with Crippen molar-refractivity contribution in [1.29, 1.82) is 0 Å². The van der Waals surface area contributed by atoms with Gasteiger partial charge in [-0.3, -0.25) is 0 Å². The minimum Gasteiger partial charge on any atom is -0.354 e. The van der Waals surface area contributed by atoms with Crippen LogP contribution in [0.1, 0.15) is 6.92 Å². The second-order valence-corrected chi connectivity index (χ2v) is 5.44. The van der Waals surface area contributed by atoms with Crippen molar-refractivity contribution in [1.82, 2.24) is 9.97 Å². The van der Waals surface area contributed by atoms with Crippen molar-refractivity contribution >= 4 is 49.3 Å². The summed E-state index contributed by atoms with van der Waals surface area (Å²) in [6, 6.07) is 4.79. The third kappa shape index (κ3) is 3.63. The summed E-state index contributed by atoms with van der Waals surface area (Å²) in [6.45, 7) is 2.67. The van der Waals surface area contributed by atoms with Crippen molar-refractivity contribution in [2.24, 2.45) is 0 Å². The van der Waals surface area contributed by atoms with E-state index in [0.29, 0.717) is 32.9 Å². The molecule has 1 aromatic carbocycles. The van der Waals surface area contributed by atoms with Gasteiger partial charge in [-0.15, -0.1) is 0 Å². The first-order valence-electron chi connectivity index (χ1n) is 5.58. The van der Waals surface area contributed by atoms with Crippen LogP contribution in [-0.4, -0.2) is 16.5 Å². The van der Waals surface area contributed by atoms with E-state index in [-0.39, 0.29) is 5.82 Å². The van der Waals surface area contributed by atoms with Gasteiger partial charge < -0.3 is 10.6 Å². The third-order valence-corrected chi connectivity index (χ3v) is 3.34. The summed E-state index contributed by atoms with van der Waals surface area (Å²) in [6.07, 6.45) is 1.62. The molecule has 0 atom stereocenters. The van der Waals surface area contributed by atoms with Crippen LogP contribution >= 0.6 is 31.9 Å². The lowest BCUT2D eigenvalue weighted by atomic mass is 10.3. The Hall–Kier alpha value is -1.21. The number of anilines is 3. The molecule has 0 saturated heterocycles. The van der Waals surface area contributed by atoms with E-state index in [9.17, 15) is 4.39 Å². The maximum atomic E-state index is 13.7. The van der Waals surface area contributed by atoms with E-state index < -0.39 is 0 Å². The summed E-state index contributed by atoms with van der Waals surface area (Å²) in [5, 5.41) is 5.93. The molecule has 0 saturated carbocycles. The molecule has 0 unspecified atom stereocenters. The first-order chi connectivity index (χ1) is 9.10.